The molecule has 0 aromatic heterocycles. The summed E-state index contributed by atoms with van der Waals surface area (Å²) in [6.07, 6.45) is 5.27. The highest BCUT2D eigenvalue weighted by molar-refractivity contribution is 14.1. The molecule has 0 aromatic rings. The standard InChI is InChI=1S/C19H35ClINO3Si/c1-15(14-20)10-9-11-16(18(23)22(5)24-6)17(12-13-21)25-26(7,8)19(2,3)4/h10,12-13,16-17H,9,11,14H2,1-8H3/b13-12+,15-10+/t16-,17+/m0/s1. The summed E-state index contributed by atoms with van der Waals surface area (Å²) in [6.45, 7) is 13.0. The van der Waals surface area contributed by atoms with Crippen molar-refractivity contribution in [1.29, 1.82) is 0 Å². The van der Waals surface area contributed by atoms with Gasteiger partial charge >= 0.3 is 0 Å². The van der Waals surface area contributed by atoms with Crippen molar-refractivity contribution in [2.24, 2.45) is 5.92 Å². The molecule has 0 heterocycles. The second-order valence-corrected chi connectivity index (χ2v) is 13.8. The van der Waals surface area contributed by atoms with E-state index >= 15 is 0 Å². The van der Waals surface area contributed by atoms with Gasteiger partial charge in [-0.25, -0.2) is 5.06 Å². The molecule has 0 aliphatic heterocycles. The number of alkyl halides is 1. The molecule has 0 saturated heterocycles. The van der Waals surface area contributed by atoms with Gasteiger partial charge in [-0.05, 0) is 42.0 Å². The third-order valence-electron chi connectivity index (χ3n) is 4.98. The lowest BCUT2D eigenvalue weighted by atomic mass is 9.95. The predicted molar refractivity (Wildman–Crippen MR) is 122 cm³/mol. The molecule has 0 radical (unpaired) electrons. The van der Waals surface area contributed by atoms with E-state index < -0.39 is 8.32 Å². The molecule has 2 atom stereocenters. The smallest absolute Gasteiger partial charge is 0.251 e. The minimum Gasteiger partial charge on any atom is -0.410 e. The Labute approximate surface area is 179 Å². The molecular formula is C19H35ClINO3Si. The molecule has 0 fully saturated rings. The Morgan fingerprint density at radius 3 is 2.35 bits per heavy atom. The van der Waals surface area contributed by atoms with Gasteiger partial charge in [0, 0.05) is 12.9 Å². The van der Waals surface area contributed by atoms with Crippen LogP contribution < -0.4 is 0 Å². The van der Waals surface area contributed by atoms with E-state index in [1.54, 1.807) is 7.05 Å². The van der Waals surface area contributed by atoms with Crippen molar-refractivity contribution in [2.75, 3.05) is 20.0 Å². The van der Waals surface area contributed by atoms with Crippen molar-refractivity contribution >= 4 is 48.4 Å². The van der Waals surface area contributed by atoms with Crippen molar-refractivity contribution in [3.05, 3.63) is 21.8 Å². The van der Waals surface area contributed by atoms with Crippen LogP contribution in [0.25, 0.3) is 0 Å². The minimum atomic E-state index is -2.03. The van der Waals surface area contributed by atoms with E-state index in [1.165, 1.54) is 12.2 Å². The number of hydrogen-bond acceptors (Lipinski definition) is 3. The van der Waals surface area contributed by atoms with E-state index in [0.717, 1.165) is 12.0 Å². The van der Waals surface area contributed by atoms with Gasteiger partial charge in [0.25, 0.3) is 5.91 Å². The first-order valence-electron chi connectivity index (χ1n) is 8.89. The lowest BCUT2D eigenvalue weighted by Crippen LogP contribution is -2.48. The van der Waals surface area contributed by atoms with Gasteiger partial charge < -0.3 is 4.43 Å². The van der Waals surface area contributed by atoms with Crippen LogP contribution in [0.15, 0.2) is 21.8 Å². The molecule has 0 aromatic carbocycles. The van der Waals surface area contributed by atoms with Gasteiger partial charge in [0.05, 0.1) is 19.1 Å². The van der Waals surface area contributed by atoms with Crippen LogP contribution in [-0.2, 0) is 14.1 Å². The first-order valence-corrected chi connectivity index (χ1v) is 13.6. The summed E-state index contributed by atoms with van der Waals surface area (Å²) in [5.41, 5.74) is 1.12. The SMILES string of the molecule is CON(C)C(=O)[C@@H](CC/C=C(\C)CCl)[C@@H](/C=C/I)O[Si](C)(C)C(C)(C)C. The number of halogens is 2. The Morgan fingerprint density at radius 2 is 1.92 bits per heavy atom. The molecule has 4 nitrogen and oxygen atoms in total. The summed E-state index contributed by atoms with van der Waals surface area (Å²) >= 11 is 8.04. The van der Waals surface area contributed by atoms with Crippen molar-refractivity contribution < 1.29 is 14.1 Å². The maximum Gasteiger partial charge on any atom is 0.251 e. The summed E-state index contributed by atoms with van der Waals surface area (Å²) < 4.78 is 8.54. The number of nitrogens with zero attached hydrogens (tertiary/aromatic N) is 1. The highest BCUT2D eigenvalue weighted by Crippen LogP contribution is 2.39. The van der Waals surface area contributed by atoms with E-state index in [-0.39, 0.29) is 23.0 Å². The van der Waals surface area contributed by atoms with E-state index in [0.29, 0.717) is 12.3 Å². The summed E-state index contributed by atoms with van der Waals surface area (Å²) in [4.78, 5) is 18.1. The second kappa shape index (κ2) is 11.8. The zero-order chi connectivity index (χ0) is 20.5. The second-order valence-electron chi connectivity index (χ2n) is 8.05. The number of amides is 1. The van der Waals surface area contributed by atoms with Crippen LogP contribution >= 0.6 is 34.2 Å². The van der Waals surface area contributed by atoms with Gasteiger partial charge in [0.2, 0.25) is 0 Å². The molecule has 0 N–H and O–H groups in total. The molecule has 1 amide bonds. The number of carbonyl (C=O) groups is 1. The maximum atomic E-state index is 12.9. The molecule has 26 heavy (non-hydrogen) atoms. The molecule has 0 bridgehead atoms. The lowest BCUT2D eigenvalue weighted by Gasteiger charge is -2.40. The topological polar surface area (TPSA) is 38.8 Å². The average Bonchev–Trinajstić information content (AvgIpc) is 2.55. The summed E-state index contributed by atoms with van der Waals surface area (Å²) in [5.74, 6) is 0.135. The number of allylic oxidation sites excluding steroid dienone is 2. The highest BCUT2D eigenvalue weighted by atomic mass is 127. The summed E-state index contributed by atoms with van der Waals surface area (Å²) in [6, 6.07) is 0. The van der Waals surface area contributed by atoms with E-state index in [1.807, 2.05) is 17.1 Å². The van der Waals surface area contributed by atoms with Crippen molar-refractivity contribution in [3.8, 4) is 0 Å². The van der Waals surface area contributed by atoms with Crippen LogP contribution in [0.5, 0.6) is 0 Å². The van der Waals surface area contributed by atoms with Crippen LogP contribution in [0.2, 0.25) is 18.1 Å². The van der Waals surface area contributed by atoms with Gasteiger partial charge in [-0.15, -0.1) is 11.6 Å². The molecule has 0 spiro atoms. The third-order valence-corrected chi connectivity index (χ3v) is 10.3. The van der Waals surface area contributed by atoms with E-state index in [9.17, 15) is 4.79 Å². The van der Waals surface area contributed by atoms with E-state index in [4.69, 9.17) is 20.9 Å². The highest BCUT2D eigenvalue weighted by Gasteiger charge is 2.41. The molecule has 7 heteroatoms. The van der Waals surface area contributed by atoms with E-state index in [2.05, 4.69) is 62.5 Å². The first kappa shape index (κ1) is 26.1. The largest absolute Gasteiger partial charge is 0.410 e. The van der Waals surface area contributed by atoms with Gasteiger partial charge in [0.15, 0.2) is 8.32 Å². The molecule has 0 rings (SSSR count). The molecule has 0 unspecified atom stereocenters. The molecule has 0 saturated carbocycles. The number of rotatable bonds is 10. The fourth-order valence-electron chi connectivity index (χ4n) is 2.16. The summed E-state index contributed by atoms with van der Waals surface area (Å²) in [5, 5.41) is 1.37. The van der Waals surface area contributed by atoms with Crippen LogP contribution in [-0.4, -0.2) is 45.4 Å². The Hall–Kier alpha value is 0.107. The fraction of sp³-hybridized carbons (Fsp3) is 0.737. The van der Waals surface area contributed by atoms with Gasteiger partial charge in [-0.1, -0.05) is 61.1 Å². The minimum absolute atomic E-state index is 0.0670. The predicted octanol–water partition coefficient (Wildman–Crippen LogP) is 5.93. The van der Waals surface area contributed by atoms with Crippen molar-refractivity contribution in [1.82, 2.24) is 5.06 Å². The Kier molecular flexibility index (Phi) is 11.9. The van der Waals surface area contributed by atoms with Crippen LogP contribution in [0.1, 0.15) is 40.5 Å². The zero-order valence-electron chi connectivity index (χ0n) is 17.4. The average molecular weight is 516 g/mol. The molecular weight excluding hydrogens is 481 g/mol. The van der Waals surface area contributed by atoms with Gasteiger partial charge in [-0.3, -0.25) is 9.63 Å². The molecule has 0 aliphatic carbocycles. The maximum absolute atomic E-state index is 12.9. The fourth-order valence-corrected chi connectivity index (χ4v) is 3.95. The summed E-state index contributed by atoms with van der Waals surface area (Å²) in [7, 11) is 1.12. The quantitative estimate of drug-likeness (QED) is 0.119. The Balaban J connectivity index is 5.63. The monoisotopic (exact) mass is 515 g/mol. The normalized spacial score (nSPS) is 16.0. The van der Waals surface area contributed by atoms with Gasteiger partial charge in [-0.2, -0.15) is 0 Å². The van der Waals surface area contributed by atoms with Crippen LogP contribution in [0.3, 0.4) is 0 Å². The van der Waals surface area contributed by atoms with Crippen LogP contribution in [0, 0.1) is 5.92 Å². The van der Waals surface area contributed by atoms with Crippen molar-refractivity contribution in [3.63, 3.8) is 0 Å². The third kappa shape index (κ3) is 8.42. The first-order chi connectivity index (χ1) is 11.9. The number of hydrogen-bond donors (Lipinski definition) is 0. The Morgan fingerprint density at radius 1 is 1.35 bits per heavy atom. The molecule has 0 aliphatic rings. The Bertz CT molecular complexity index is 504. The van der Waals surface area contributed by atoms with Gasteiger partial charge in [0.1, 0.15) is 0 Å². The zero-order valence-corrected chi connectivity index (χ0v) is 21.3. The number of hydroxylamine groups is 2. The van der Waals surface area contributed by atoms with Crippen molar-refractivity contribution in [2.45, 2.75) is 64.8 Å². The van der Waals surface area contributed by atoms with Crippen LogP contribution in [0.4, 0.5) is 0 Å². The molecule has 152 valence electrons. The number of carbonyl (C=O) groups excluding carboxylic acids is 1. The lowest BCUT2D eigenvalue weighted by molar-refractivity contribution is -0.176.